The quantitative estimate of drug-likeness (QED) is 0.594. The van der Waals surface area contributed by atoms with Gasteiger partial charge in [-0.15, -0.1) is 0 Å². The van der Waals surface area contributed by atoms with Gasteiger partial charge in [0.15, 0.2) is 0 Å². The maximum atomic E-state index is 9.66. The van der Waals surface area contributed by atoms with Gasteiger partial charge in [0.05, 0.1) is 18.4 Å². The number of ether oxygens (including phenoxy) is 1. The molecule has 18 heavy (non-hydrogen) atoms. The fourth-order valence-corrected chi connectivity index (χ4v) is 1.20. The number of anilines is 2. The van der Waals surface area contributed by atoms with Crippen molar-refractivity contribution >= 4 is 11.5 Å². The molecule has 5 N–H and O–H groups in total. The molecule has 1 unspecified atom stereocenters. The molecular weight excluding hydrogens is 234 g/mol. The average molecular weight is 255 g/mol. The highest BCUT2D eigenvalue weighted by atomic mass is 16.5. The molecule has 0 aliphatic rings. The Morgan fingerprint density at radius 3 is 2.72 bits per heavy atom. The number of nitrogen functional groups attached to an aromatic ring is 1. The fourth-order valence-electron chi connectivity index (χ4n) is 1.20. The lowest BCUT2D eigenvalue weighted by atomic mass is 10.1. The molecule has 6 heteroatoms. The van der Waals surface area contributed by atoms with Crippen LogP contribution in [-0.4, -0.2) is 40.1 Å². The summed E-state index contributed by atoms with van der Waals surface area (Å²) in [5, 5.41) is 21.5. The topological polar surface area (TPSA) is 101 Å². The van der Waals surface area contributed by atoms with E-state index in [1.54, 1.807) is 12.1 Å². The third kappa shape index (κ3) is 4.38. The Labute approximate surface area is 107 Å². The second-order valence-electron chi connectivity index (χ2n) is 4.77. The van der Waals surface area contributed by atoms with E-state index in [-0.39, 0.29) is 19.3 Å². The first-order valence-corrected chi connectivity index (χ1v) is 5.84. The Morgan fingerprint density at radius 2 is 2.17 bits per heavy atom. The van der Waals surface area contributed by atoms with Crippen LogP contribution >= 0.6 is 0 Å². The number of rotatable bonds is 6. The normalized spacial score (nSPS) is 14.3. The zero-order valence-electron chi connectivity index (χ0n) is 11.0. The molecule has 0 aromatic carbocycles. The molecule has 6 nitrogen and oxygen atoms in total. The smallest absolute Gasteiger partial charge is 0.239 e. The van der Waals surface area contributed by atoms with Crippen molar-refractivity contribution in [3.8, 4) is 5.88 Å². The molecule has 0 aliphatic heterocycles. The lowest BCUT2D eigenvalue weighted by molar-refractivity contribution is 0.0131. The van der Waals surface area contributed by atoms with E-state index in [9.17, 15) is 5.11 Å². The Bertz CT molecular complexity index is 394. The number of nitrogens with one attached hydrogen (secondary N) is 1. The van der Waals surface area contributed by atoms with Crippen LogP contribution in [0.4, 0.5) is 11.5 Å². The van der Waals surface area contributed by atoms with Crippen LogP contribution < -0.4 is 15.8 Å². The molecule has 1 atom stereocenters. The van der Waals surface area contributed by atoms with E-state index in [4.69, 9.17) is 15.6 Å². The van der Waals surface area contributed by atoms with Gasteiger partial charge in [-0.1, -0.05) is 0 Å². The summed E-state index contributed by atoms with van der Waals surface area (Å²) in [5.41, 5.74) is 5.01. The molecule has 1 rings (SSSR count). The van der Waals surface area contributed by atoms with E-state index in [2.05, 4.69) is 10.3 Å². The average Bonchev–Trinajstić information content (AvgIpc) is 2.30. The van der Waals surface area contributed by atoms with E-state index in [0.29, 0.717) is 17.4 Å². The minimum absolute atomic E-state index is 0.0180. The SMILES string of the molecule is CC(C)Oc1nc(NCC(C)(O)CO)ccc1N. The Kier molecular flexibility index (Phi) is 4.75. The van der Waals surface area contributed by atoms with Crippen molar-refractivity contribution in [3.05, 3.63) is 12.1 Å². The van der Waals surface area contributed by atoms with Crippen LogP contribution in [0.15, 0.2) is 12.1 Å². The minimum Gasteiger partial charge on any atom is -0.473 e. The molecule has 0 amide bonds. The molecule has 0 aliphatic carbocycles. The van der Waals surface area contributed by atoms with Gasteiger partial charge in [0.25, 0.3) is 0 Å². The van der Waals surface area contributed by atoms with Crippen molar-refractivity contribution < 1.29 is 14.9 Å². The monoisotopic (exact) mass is 255 g/mol. The van der Waals surface area contributed by atoms with Crippen LogP contribution in [0.2, 0.25) is 0 Å². The predicted octanol–water partition coefficient (Wildman–Crippen LogP) is 0.606. The minimum atomic E-state index is -1.19. The molecule has 1 heterocycles. The highest BCUT2D eigenvalue weighted by Gasteiger charge is 2.18. The van der Waals surface area contributed by atoms with Gasteiger partial charge in [-0.25, -0.2) is 0 Å². The Morgan fingerprint density at radius 1 is 1.50 bits per heavy atom. The third-order valence-electron chi connectivity index (χ3n) is 2.23. The van der Waals surface area contributed by atoms with E-state index < -0.39 is 5.60 Å². The Balaban J connectivity index is 2.73. The van der Waals surface area contributed by atoms with Gasteiger partial charge in [0, 0.05) is 6.54 Å². The van der Waals surface area contributed by atoms with Crippen LogP contribution in [0.1, 0.15) is 20.8 Å². The van der Waals surface area contributed by atoms with Crippen molar-refractivity contribution in [1.82, 2.24) is 4.98 Å². The van der Waals surface area contributed by atoms with E-state index in [1.807, 2.05) is 13.8 Å². The summed E-state index contributed by atoms with van der Waals surface area (Å²) in [4.78, 5) is 4.20. The standard InChI is InChI=1S/C12H21N3O3/c1-8(2)18-11-9(13)4-5-10(15-11)14-6-12(3,17)7-16/h4-5,8,16-17H,6-7,13H2,1-3H3,(H,14,15). The zero-order chi connectivity index (χ0) is 13.8. The molecular formula is C12H21N3O3. The van der Waals surface area contributed by atoms with Crippen LogP contribution in [-0.2, 0) is 0 Å². The van der Waals surface area contributed by atoms with Crippen molar-refractivity contribution in [3.63, 3.8) is 0 Å². The number of hydrogen-bond acceptors (Lipinski definition) is 6. The lowest BCUT2D eigenvalue weighted by Crippen LogP contribution is -2.37. The molecule has 0 radical (unpaired) electrons. The molecule has 1 aromatic heterocycles. The molecule has 102 valence electrons. The van der Waals surface area contributed by atoms with Crippen LogP contribution in [0, 0.1) is 0 Å². The van der Waals surface area contributed by atoms with Crippen molar-refractivity contribution in [2.75, 3.05) is 24.2 Å². The largest absolute Gasteiger partial charge is 0.473 e. The van der Waals surface area contributed by atoms with Crippen LogP contribution in [0.25, 0.3) is 0 Å². The number of aliphatic hydroxyl groups excluding tert-OH is 1. The summed E-state index contributed by atoms with van der Waals surface area (Å²) < 4.78 is 5.46. The van der Waals surface area contributed by atoms with Gasteiger partial charge in [-0.05, 0) is 32.9 Å². The van der Waals surface area contributed by atoms with Crippen LogP contribution in [0.3, 0.4) is 0 Å². The molecule has 0 spiro atoms. The maximum Gasteiger partial charge on any atom is 0.239 e. The highest BCUT2D eigenvalue weighted by molar-refractivity contribution is 5.53. The maximum absolute atomic E-state index is 9.66. The third-order valence-corrected chi connectivity index (χ3v) is 2.23. The Hall–Kier alpha value is -1.53. The number of nitrogens with zero attached hydrogens (tertiary/aromatic N) is 1. The summed E-state index contributed by atoms with van der Waals surface area (Å²) in [6, 6.07) is 3.37. The van der Waals surface area contributed by atoms with Gasteiger partial charge in [-0.2, -0.15) is 4.98 Å². The number of hydrogen-bond donors (Lipinski definition) is 4. The van der Waals surface area contributed by atoms with Gasteiger partial charge < -0.3 is 26.0 Å². The van der Waals surface area contributed by atoms with E-state index in [0.717, 1.165) is 0 Å². The first kappa shape index (κ1) is 14.5. The summed E-state index contributed by atoms with van der Waals surface area (Å²) in [7, 11) is 0. The summed E-state index contributed by atoms with van der Waals surface area (Å²) in [5.74, 6) is 0.896. The molecule has 1 aromatic rings. The molecule has 0 bridgehead atoms. The molecule has 0 saturated heterocycles. The fraction of sp³-hybridized carbons (Fsp3) is 0.583. The zero-order valence-corrected chi connectivity index (χ0v) is 11.0. The molecule has 0 fully saturated rings. The van der Waals surface area contributed by atoms with Gasteiger partial charge in [0.1, 0.15) is 11.4 Å². The number of pyridine rings is 1. The first-order chi connectivity index (χ1) is 8.34. The van der Waals surface area contributed by atoms with E-state index in [1.165, 1.54) is 6.92 Å². The number of aliphatic hydroxyl groups is 2. The van der Waals surface area contributed by atoms with Crippen LogP contribution in [0.5, 0.6) is 5.88 Å². The van der Waals surface area contributed by atoms with E-state index >= 15 is 0 Å². The second kappa shape index (κ2) is 5.88. The highest BCUT2D eigenvalue weighted by Crippen LogP contribution is 2.22. The number of aromatic nitrogens is 1. The summed E-state index contributed by atoms with van der Waals surface area (Å²) in [6.45, 7) is 5.16. The molecule has 0 saturated carbocycles. The van der Waals surface area contributed by atoms with Gasteiger partial charge >= 0.3 is 0 Å². The van der Waals surface area contributed by atoms with Gasteiger partial charge in [0.2, 0.25) is 5.88 Å². The predicted molar refractivity (Wildman–Crippen MR) is 70.6 cm³/mol. The lowest BCUT2D eigenvalue weighted by Gasteiger charge is -2.21. The second-order valence-corrected chi connectivity index (χ2v) is 4.77. The van der Waals surface area contributed by atoms with Gasteiger partial charge in [-0.3, -0.25) is 0 Å². The first-order valence-electron chi connectivity index (χ1n) is 5.84. The summed E-state index contributed by atoms with van der Waals surface area (Å²) >= 11 is 0. The van der Waals surface area contributed by atoms with Crippen molar-refractivity contribution in [2.45, 2.75) is 32.5 Å². The number of nitrogens with two attached hydrogens (primary N) is 1. The van der Waals surface area contributed by atoms with Crippen molar-refractivity contribution in [2.24, 2.45) is 0 Å². The van der Waals surface area contributed by atoms with Crippen molar-refractivity contribution in [1.29, 1.82) is 0 Å². The summed E-state index contributed by atoms with van der Waals surface area (Å²) in [6.07, 6.45) is -0.0180.